The van der Waals surface area contributed by atoms with Gasteiger partial charge in [0.25, 0.3) is 5.89 Å². The quantitative estimate of drug-likeness (QED) is 0.483. The Hall–Kier alpha value is -3.35. The van der Waals surface area contributed by atoms with Gasteiger partial charge >= 0.3 is 5.97 Å². The number of hydrogen-bond acceptors (Lipinski definition) is 5. The van der Waals surface area contributed by atoms with Crippen molar-refractivity contribution in [2.24, 2.45) is 0 Å². The van der Waals surface area contributed by atoms with Crippen LogP contribution in [0.1, 0.15) is 30.0 Å². The molecule has 1 unspecified atom stereocenters. The summed E-state index contributed by atoms with van der Waals surface area (Å²) in [5.41, 5.74) is 1.22. The zero-order valence-electron chi connectivity index (χ0n) is 14.6. The summed E-state index contributed by atoms with van der Waals surface area (Å²) in [6, 6.07) is 10.6. The number of nitrogens with zero attached hydrogens (tertiary/aromatic N) is 2. The van der Waals surface area contributed by atoms with Gasteiger partial charge < -0.3 is 9.26 Å². The van der Waals surface area contributed by atoms with Gasteiger partial charge in [-0.2, -0.15) is 4.98 Å². The van der Waals surface area contributed by atoms with Crippen LogP contribution in [0.4, 0.5) is 8.78 Å². The topological polar surface area (TPSA) is 65.2 Å². The zero-order valence-corrected chi connectivity index (χ0v) is 14.6. The lowest BCUT2D eigenvalue weighted by molar-refractivity contribution is -0.143. The van der Waals surface area contributed by atoms with Crippen LogP contribution in [-0.2, 0) is 9.53 Å². The molecule has 3 rings (SSSR count). The number of esters is 1. The van der Waals surface area contributed by atoms with Crippen molar-refractivity contribution >= 4 is 12.0 Å². The summed E-state index contributed by atoms with van der Waals surface area (Å²) in [6.45, 7) is 3.21. The molecule has 1 atom stereocenters. The number of rotatable bonds is 5. The Morgan fingerprint density at radius 2 is 1.96 bits per heavy atom. The molecule has 27 heavy (non-hydrogen) atoms. The largest absolute Gasteiger partial charge is 0.449 e. The third kappa shape index (κ3) is 4.44. The summed E-state index contributed by atoms with van der Waals surface area (Å²) in [6.07, 6.45) is 1.61. The van der Waals surface area contributed by atoms with Gasteiger partial charge in [0.1, 0.15) is 11.6 Å². The second-order valence-corrected chi connectivity index (χ2v) is 5.85. The fraction of sp³-hybridized carbons (Fsp3) is 0.150. The van der Waals surface area contributed by atoms with Crippen molar-refractivity contribution in [3.05, 3.63) is 77.2 Å². The van der Waals surface area contributed by atoms with Gasteiger partial charge in [0.2, 0.25) is 5.82 Å². The van der Waals surface area contributed by atoms with Crippen LogP contribution in [0.15, 0.2) is 53.1 Å². The molecule has 2 aromatic carbocycles. The van der Waals surface area contributed by atoms with Gasteiger partial charge in [-0.25, -0.2) is 13.6 Å². The van der Waals surface area contributed by atoms with E-state index in [-0.39, 0.29) is 23.1 Å². The van der Waals surface area contributed by atoms with Crippen LogP contribution >= 0.6 is 0 Å². The number of ether oxygens (including phenoxy) is 1. The lowest BCUT2D eigenvalue weighted by Crippen LogP contribution is -2.06. The van der Waals surface area contributed by atoms with Crippen LogP contribution in [0.3, 0.4) is 0 Å². The Kier molecular flexibility index (Phi) is 5.40. The van der Waals surface area contributed by atoms with Gasteiger partial charge in [0.15, 0.2) is 6.10 Å². The molecule has 138 valence electrons. The fourth-order valence-electron chi connectivity index (χ4n) is 2.28. The fourth-order valence-corrected chi connectivity index (χ4v) is 2.28. The summed E-state index contributed by atoms with van der Waals surface area (Å²) in [4.78, 5) is 16.0. The van der Waals surface area contributed by atoms with E-state index >= 15 is 0 Å². The number of carbonyl (C=O) groups excluding carboxylic acids is 1. The summed E-state index contributed by atoms with van der Waals surface area (Å²) in [5.74, 6) is -1.25. The maximum atomic E-state index is 13.7. The number of halogens is 2. The lowest BCUT2D eigenvalue weighted by Gasteiger charge is -2.06. The summed E-state index contributed by atoms with van der Waals surface area (Å²) in [5, 5.41) is 3.78. The second-order valence-electron chi connectivity index (χ2n) is 5.85. The van der Waals surface area contributed by atoms with Crippen LogP contribution in [0.25, 0.3) is 17.5 Å². The zero-order chi connectivity index (χ0) is 19.4. The summed E-state index contributed by atoms with van der Waals surface area (Å²) in [7, 11) is 0. The number of hydrogen-bond donors (Lipinski definition) is 0. The van der Waals surface area contributed by atoms with E-state index in [0.29, 0.717) is 11.1 Å². The Morgan fingerprint density at radius 3 is 2.70 bits per heavy atom. The molecule has 5 nitrogen and oxygen atoms in total. The highest BCUT2D eigenvalue weighted by Crippen LogP contribution is 2.22. The third-order valence-electron chi connectivity index (χ3n) is 3.82. The average molecular weight is 370 g/mol. The Bertz CT molecular complexity index is 998. The molecule has 1 heterocycles. The van der Waals surface area contributed by atoms with Crippen molar-refractivity contribution in [1.82, 2.24) is 10.1 Å². The highest BCUT2D eigenvalue weighted by atomic mass is 19.1. The molecule has 3 aromatic rings. The van der Waals surface area contributed by atoms with Crippen molar-refractivity contribution in [2.45, 2.75) is 20.0 Å². The number of carbonyl (C=O) groups is 1. The van der Waals surface area contributed by atoms with E-state index in [1.54, 1.807) is 38.1 Å². The summed E-state index contributed by atoms with van der Waals surface area (Å²) < 4.78 is 37.4. The molecule has 0 saturated heterocycles. The normalized spacial score (nSPS) is 12.3. The second kappa shape index (κ2) is 7.90. The summed E-state index contributed by atoms with van der Waals surface area (Å²) >= 11 is 0. The van der Waals surface area contributed by atoms with Crippen molar-refractivity contribution in [2.75, 3.05) is 0 Å². The molecule has 0 spiro atoms. The van der Waals surface area contributed by atoms with E-state index in [4.69, 9.17) is 9.26 Å². The van der Waals surface area contributed by atoms with Crippen molar-refractivity contribution in [3.63, 3.8) is 0 Å². The first kappa shape index (κ1) is 18.4. The van der Waals surface area contributed by atoms with E-state index in [1.807, 2.05) is 0 Å². The van der Waals surface area contributed by atoms with Crippen LogP contribution in [0, 0.1) is 18.6 Å². The lowest BCUT2D eigenvalue weighted by atomic mass is 10.1. The highest BCUT2D eigenvalue weighted by molar-refractivity contribution is 5.87. The van der Waals surface area contributed by atoms with Crippen LogP contribution in [0.5, 0.6) is 0 Å². The molecule has 0 aliphatic carbocycles. The monoisotopic (exact) mass is 370 g/mol. The molecule has 0 aliphatic heterocycles. The Morgan fingerprint density at radius 1 is 1.19 bits per heavy atom. The van der Waals surface area contributed by atoms with Crippen molar-refractivity contribution in [3.8, 4) is 11.4 Å². The van der Waals surface area contributed by atoms with Gasteiger partial charge in [-0.15, -0.1) is 0 Å². The third-order valence-corrected chi connectivity index (χ3v) is 3.82. The predicted molar refractivity (Wildman–Crippen MR) is 94.4 cm³/mol. The van der Waals surface area contributed by atoms with E-state index in [9.17, 15) is 13.6 Å². The van der Waals surface area contributed by atoms with Crippen LogP contribution in [-0.4, -0.2) is 16.1 Å². The maximum absolute atomic E-state index is 13.7. The molecule has 0 amide bonds. The number of aryl methyl sites for hydroxylation is 1. The molecule has 0 aliphatic rings. The Balaban J connectivity index is 1.67. The molecular weight excluding hydrogens is 354 g/mol. The SMILES string of the molecule is Cc1ccc(-c2noc(C(C)OC(=O)/C=C/c3ccccc3F)n2)cc1F. The van der Waals surface area contributed by atoms with Gasteiger partial charge in [0.05, 0.1) is 0 Å². The average Bonchev–Trinajstić information content (AvgIpc) is 3.13. The number of benzene rings is 2. The molecule has 7 heteroatoms. The molecule has 0 N–H and O–H groups in total. The number of aromatic nitrogens is 2. The predicted octanol–water partition coefficient (Wildman–Crippen LogP) is 4.64. The first-order valence-electron chi connectivity index (χ1n) is 8.17. The maximum Gasteiger partial charge on any atom is 0.331 e. The van der Waals surface area contributed by atoms with Crippen LogP contribution < -0.4 is 0 Å². The van der Waals surface area contributed by atoms with Gasteiger partial charge in [0, 0.05) is 17.2 Å². The van der Waals surface area contributed by atoms with Gasteiger partial charge in [-0.3, -0.25) is 0 Å². The minimum atomic E-state index is -0.820. The first-order valence-corrected chi connectivity index (χ1v) is 8.17. The van der Waals surface area contributed by atoms with E-state index in [2.05, 4.69) is 10.1 Å². The van der Waals surface area contributed by atoms with E-state index in [0.717, 1.165) is 6.08 Å². The van der Waals surface area contributed by atoms with Crippen molar-refractivity contribution in [1.29, 1.82) is 0 Å². The minimum absolute atomic E-state index is 0.0682. The molecule has 0 radical (unpaired) electrons. The molecular formula is C20H16F2N2O3. The van der Waals surface area contributed by atoms with Crippen molar-refractivity contribution < 1.29 is 22.8 Å². The smallest absolute Gasteiger partial charge is 0.331 e. The minimum Gasteiger partial charge on any atom is -0.449 e. The molecule has 1 aromatic heterocycles. The van der Waals surface area contributed by atoms with Gasteiger partial charge in [-0.05, 0) is 37.6 Å². The van der Waals surface area contributed by atoms with Gasteiger partial charge in [-0.1, -0.05) is 35.5 Å². The molecule has 0 bridgehead atoms. The Labute approximate surface area is 154 Å². The highest BCUT2D eigenvalue weighted by Gasteiger charge is 2.18. The standard InChI is InChI=1S/C20H16F2N2O3/c1-12-7-8-15(11-17(12)22)19-23-20(27-24-19)13(2)26-18(25)10-9-14-5-3-4-6-16(14)21/h3-11,13H,1-2H3/b10-9+. The molecule has 0 fully saturated rings. The van der Waals surface area contributed by atoms with E-state index in [1.165, 1.54) is 24.3 Å². The first-order chi connectivity index (χ1) is 12.9. The molecule has 0 saturated carbocycles. The van der Waals surface area contributed by atoms with Crippen LogP contribution in [0.2, 0.25) is 0 Å². The van der Waals surface area contributed by atoms with E-state index < -0.39 is 17.9 Å².